The Kier molecular flexibility index (Phi) is 7.55. The molecule has 6 heteroatoms. The van der Waals surface area contributed by atoms with Crippen molar-refractivity contribution in [3.8, 4) is 11.8 Å². The fourth-order valence-corrected chi connectivity index (χ4v) is 5.05. The Morgan fingerprint density at radius 2 is 0.917 bits per heavy atom. The monoisotopic (exact) mass is 480 g/mol. The first-order chi connectivity index (χ1) is 17.8. The van der Waals surface area contributed by atoms with Crippen LogP contribution in [0.3, 0.4) is 0 Å². The van der Waals surface area contributed by atoms with Crippen molar-refractivity contribution >= 4 is 0 Å². The Morgan fingerprint density at radius 1 is 0.556 bits per heavy atom. The highest BCUT2D eigenvalue weighted by Gasteiger charge is 2.32. The van der Waals surface area contributed by atoms with E-state index in [9.17, 15) is 0 Å². The van der Waals surface area contributed by atoms with Crippen LogP contribution in [0.25, 0.3) is 0 Å². The zero-order chi connectivity index (χ0) is 24.7. The number of hydrogen-bond acceptors (Lipinski definition) is 6. The van der Waals surface area contributed by atoms with Gasteiger partial charge in [0.2, 0.25) is 11.8 Å². The first kappa shape index (κ1) is 24.0. The van der Waals surface area contributed by atoms with Gasteiger partial charge in [-0.05, 0) is 16.7 Å². The number of benzene rings is 3. The summed E-state index contributed by atoms with van der Waals surface area (Å²) in [7, 11) is 3.24. The van der Waals surface area contributed by atoms with Crippen LogP contribution in [0, 0.1) is 0 Å². The van der Waals surface area contributed by atoms with Crippen molar-refractivity contribution in [3.63, 3.8) is 0 Å². The van der Waals surface area contributed by atoms with Gasteiger partial charge >= 0.3 is 0 Å². The lowest BCUT2D eigenvalue weighted by Gasteiger charge is -2.42. The molecule has 0 aliphatic carbocycles. The molecule has 184 valence electrons. The second-order valence-electron chi connectivity index (χ2n) is 8.92. The maximum absolute atomic E-state index is 5.46. The first-order valence-electron chi connectivity index (χ1n) is 12.4. The number of nitrogens with zero attached hydrogens (tertiary/aromatic N) is 4. The number of methoxy groups -OCH3 is 2. The largest absolute Gasteiger partial charge is 0.481 e. The van der Waals surface area contributed by atoms with Crippen molar-refractivity contribution in [2.75, 3.05) is 40.4 Å². The average molecular weight is 481 g/mol. The van der Waals surface area contributed by atoms with Crippen LogP contribution in [0.5, 0.6) is 11.8 Å². The Bertz CT molecular complexity index is 1170. The van der Waals surface area contributed by atoms with Gasteiger partial charge in [-0.2, -0.15) is 9.97 Å². The van der Waals surface area contributed by atoms with Gasteiger partial charge in [0.15, 0.2) is 5.82 Å². The Morgan fingerprint density at radius 3 is 1.31 bits per heavy atom. The van der Waals surface area contributed by atoms with E-state index in [1.165, 1.54) is 11.1 Å². The molecule has 2 heterocycles. The lowest BCUT2D eigenvalue weighted by Crippen LogP contribution is -2.49. The zero-order valence-electron chi connectivity index (χ0n) is 20.8. The van der Waals surface area contributed by atoms with E-state index in [4.69, 9.17) is 19.4 Å². The lowest BCUT2D eigenvalue weighted by molar-refractivity contribution is 0.0870. The number of piperazine rings is 1. The minimum Gasteiger partial charge on any atom is -0.481 e. The highest BCUT2D eigenvalue weighted by Crippen LogP contribution is 2.33. The van der Waals surface area contributed by atoms with Crippen LogP contribution < -0.4 is 9.47 Å². The molecular formula is C30H32N4O2. The molecule has 1 unspecified atom stereocenters. The van der Waals surface area contributed by atoms with E-state index in [2.05, 4.69) is 94.7 Å². The van der Waals surface area contributed by atoms with E-state index in [1.54, 1.807) is 20.3 Å². The molecule has 5 rings (SSSR count). The molecule has 1 aliphatic heterocycles. The van der Waals surface area contributed by atoms with Crippen molar-refractivity contribution < 1.29 is 9.47 Å². The third kappa shape index (κ3) is 5.25. The summed E-state index contributed by atoms with van der Waals surface area (Å²) in [4.78, 5) is 14.5. The molecule has 0 radical (unpaired) electrons. The standard InChI is InChI=1S/C30H32N4O2/c1-35-26-22-27(36-2)32-30(31-26)29(25-16-10-5-11-17-25)34-20-18-33(19-21-34)28(23-12-6-3-7-13-23)24-14-8-4-9-15-24/h3-17,22,28-29H,18-21H2,1-2H3. The Hall–Kier alpha value is -3.74. The van der Waals surface area contributed by atoms with E-state index in [1.807, 2.05) is 6.07 Å². The summed E-state index contributed by atoms with van der Waals surface area (Å²) < 4.78 is 10.9. The Labute approximate surface area is 213 Å². The fourth-order valence-electron chi connectivity index (χ4n) is 5.05. The molecule has 36 heavy (non-hydrogen) atoms. The third-order valence-corrected chi connectivity index (χ3v) is 6.78. The van der Waals surface area contributed by atoms with E-state index in [-0.39, 0.29) is 12.1 Å². The number of rotatable bonds is 8. The van der Waals surface area contributed by atoms with Crippen LogP contribution in [0.4, 0.5) is 0 Å². The van der Waals surface area contributed by atoms with Gasteiger partial charge in [0.1, 0.15) is 0 Å². The topological polar surface area (TPSA) is 50.7 Å². The summed E-state index contributed by atoms with van der Waals surface area (Å²) in [6, 6.07) is 33.9. The van der Waals surface area contributed by atoms with Crippen molar-refractivity contribution in [3.05, 3.63) is 120 Å². The number of aromatic nitrogens is 2. The predicted molar refractivity (Wildman–Crippen MR) is 141 cm³/mol. The van der Waals surface area contributed by atoms with Gasteiger partial charge in [-0.3, -0.25) is 9.80 Å². The summed E-state index contributed by atoms with van der Waals surface area (Å²) in [5, 5.41) is 0. The summed E-state index contributed by atoms with van der Waals surface area (Å²) in [6.07, 6.45) is 0. The highest BCUT2D eigenvalue weighted by atomic mass is 16.5. The number of hydrogen-bond donors (Lipinski definition) is 0. The van der Waals surface area contributed by atoms with Crippen LogP contribution in [0.2, 0.25) is 0 Å². The van der Waals surface area contributed by atoms with Gasteiger partial charge in [-0.15, -0.1) is 0 Å². The van der Waals surface area contributed by atoms with Crippen molar-refractivity contribution in [2.24, 2.45) is 0 Å². The maximum atomic E-state index is 5.46. The molecule has 1 atom stereocenters. The predicted octanol–water partition coefficient (Wildman–Crippen LogP) is 4.99. The summed E-state index contributed by atoms with van der Waals surface area (Å²) in [5.74, 6) is 1.70. The lowest BCUT2D eigenvalue weighted by atomic mass is 9.96. The maximum Gasteiger partial charge on any atom is 0.220 e. The molecule has 0 N–H and O–H groups in total. The highest BCUT2D eigenvalue weighted by molar-refractivity contribution is 5.33. The normalized spacial score (nSPS) is 15.5. The number of ether oxygens (including phenoxy) is 2. The van der Waals surface area contributed by atoms with E-state index in [0.29, 0.717) is 17.6 Å². The van der Waals surface area contributed by atoms with Gasteiger partial charge < -0.3 is 9.47 Å². The van der Waals surface area contributed by atoms with Crippen molar-refractivity contribution in [1.82, 2.24) is 19.8 Å². The molecule has 3 aromatic carbocycles. The van der Waals surface area contributed by atoms with Crippen LogP contribution in [0.1, 0.15) is 34.6 Å². The first-order valence-corrected chi connectivity index (χ1v) is 12.4. The quantitative estimate of drug-likeness (QED) is 0.354. The molecule has 1 aromatic heterocycles. The van der Waals surface area contributed by atoms with Crippen LogP contribution >= 0.6 is 0 Å². The fraction of sp³-hybridized carbons (Fsp3) is 0.267. The molecule has 0 spiro atoms. The summed E-state index contributed by atoms with van der Waals surface area (Å²) in [6.45, 7) is 3.63. The molecular weight excluding hydrogens is 448 g/mol. The SMILES string of the molecule is COc1cc(OC)nc(C(c2ccccc2)N2CCN(C(c3ccccc3)c3ccccc3)CC2)n1. The smallest absolute Gasteiger partial charge is 0.220 e. The minimum absolute atomic E-state index is 0.0933. The van der Waals surface area contributed by atoms with Crippen LogP contribution in [-0.2, 0) is 0 Å². The van der Waals surface area contributed by atoms with Crippen LogP contribution in [0.15, 0.2) is 97.1 Å². The summed E-state index contributed by atoms with van der Waals surface area (Å²) in [5.41, 5.74) is 3.79. The zero-order valence-corrected chi connectivity index (χ0v) is 20.8. The molecule has 6 nitrogen and oxygen atoms in total. The molecule has 1 saturated heterocycles. The van der Waals surface area contributed by atoms with E-state index in [0.717, 1.165) is 31.7 Å². The molecule has 4 aromatic rings. The average Bonchev–Trinajstić information content (AvgIpc) is 2.96. The minimum atomic E-state index is -0.0933. The van der Waals surface area contributed by atoms with Crippen LogP contribution in [-0.4, -0.2) is 60.2 Å². The second kappa shape index (κ2) is 11.3. The Balaban J connectivity index is 1.44. The molecule has 1 aliphatic rings. The molecule has 0 bridgehead atoms. The summed E-state index contributed by atoms with van der Waals surface area (Å²) >= 11 is 0. The van der Waals surface area contributed by atoms with E-state index < -0.39 is 0 Å². The van der Waals surface area contributed by atoms with Gasteiger partial charge in [0.05, 0.1) is 32.4 Å². The van der Waals surface area contributed by atoms with Gasteiger partial charge in [0, 0.05) is 26.2 Å². The van der Waals surface area contributed by atoms with Crippen molar-refractivity contribution in [1.29, 1.82) is 0 Å². The van der Waals surface area contributed by atoms with Crippen molar-refractivity contribution in [2.45, 2.75) is 12.1 Å². The molecule has 0 saturated carbocycles. The second-order valence-corrected chi connectivity index (χ2v) is 8.92. The molecule has 1 fully saturated rings. The van der Waals surface area contributed by atoms with E-state index >= 15 is 0 Å². The van der Waals surface area contributed by atoms with Gasteiger partial charge in [-0.1, -0.05) is 91.0 Å². The third-order valence-electron chi connectivity index (χ3n) is 6.78. The van der Waals surface area contributed by atoms with Gasteiger partial charge in [0.25, 0.3) is 0 Å². The van der Waals surface area contributed by atoms with Gasteiger partial charge in [-0.25, -0.2) is 0 Å². The molecule has 0 amide bonds.